The number of aromatic hydroxyl groups is 1. The largest absolute Gasteiger partial charge is 0.507 e. The van der Waals surface area contributed by atoms with Crippen LogP contribution >= 0.6 is 0 Å². The maximum atomic E-state index is 14.5. The van der Waals surface area contributed by atoms with Gasteiger partial charge in [-0.3, -0.25) is 24.0 Å². The number of likely N-dealkylation sites (N-methyl/N-ethyl adjacent to an activating group) is 1. The number of nitrogens with two attached hydrogens (primary N) is 2. The molecule has 0 fully saturated rings. The number of aryl methyl sites for hydroxylation is 1. The third-order valence-electron chi connectivity index (χ3n) is 11.3. The van der Waals surface area contributed by atoms with E-state index in [9.17, 15) is 29.1 Å². The van der Waals surface area contributed by atoms with Crippen molar-refractivity contribution in [2.45, 2.75) is 83.5 Å². The van der Waals surface area contributed by atoms with Gasteiger partial charge in [0.25, 0.3) is 5.91 Å². The van der Waals surface area contributed by atoms with Gasteiger partial charge in [-0.1, -0.05) is 57.2 Å². The highest BCUT2D eigenvalue weighted by Crippen LogP contribution is 2.39. The van der Waals surface area contributed by atoms with Crippen molar-refractivity contribution in [1.82, 2.24) is 36.1 Å². The number of aromatic nitrogens is 2. The van der Waals surface area contributed by atoms with Crippen LogP contribution in [0.4, 0.5) is 0 Å². The molecule has 0 saturated carbocycles. The molecule has 1 aliphatic heterocycles. The van der Waals surface area contributed by atoms with E-state index >= 15 is 0 Å². The number of nitriles is 1. The number of carbonyl (C=O) groups excluding carboxylic acids is 5. The number of benzene rings is 3. The number of carbonyl (C=O) groups is 5. The minimum absolute atomic E-state index is 0.00176. The van der Waals surface area contributed by atoms with E-state index in [4.69, 9.17) is 21.5 Å². The molecular weight excluding hydrogens is 805 g/mol. The predicted molar refractivity (Wildman–Crippen MR) is 236 cm³/mol. The van der Waals surface area contributed by atoms with Gasteiger partial charge in [0.05, 0.1) is 17.3 Å². The van der Waals surface area contributed by atoms with E-state index in [0.717, 1.165) is 16.9 Å². The zero-order chi connectivity index (χ0) is 46.0. The number of amides is 5. The van der Waals surface area contributed by atoms with Gasteiger partial charge >= 0.3 is 0 Å². The second-order valence-corrected chi connectivity index (χ2v) is 16.1. The van der Waals surface area contributed by atoms with Crippen LogP contribution in [-0.4, -0.2) is 101 Å². The number of ether oxygens (including phenoxy) is 1. The Hall–Kier alpha value is -6.90. The van der Waals surface area contributed by atoms with Crippen LogP contribution in [0.5, 0.6) is 11.5 Å². The summed E-state index contributed by atoms with van der Waals surface area (Å²) in [6, 6.07) is 14.1. The van der Waals surface area contributed by atoms with E-state index in [2.05, 4.69) is 52.0 Å². The Kier molecular flexibility index (Phi) is 15.6. The molecule has 1 unspecified atom stereocenters. The fraction of sp³-hybridized carbons (Fsp3) is 0.391. The van der Waals surface area contributed by atoms with Gasteiger partial charge in [-0.05, 0) is 79.6 Å². The molecule has 1 aliphatic rings. The fourth-order valence-electron chi connectivity index (χ4n) is 7.19. The van der Waals surface area contributed by atoms with Crippen molar-refractivity contribution in [2.24, 2.45) is 11.5 Å². The van der Waals surface area contributed by atoms with Crippen molar-refractivity contribution >= 4 is 29.5 Å². The van der Waals surface area contributed by atoms with E-state index in [-0.39, 0.29) is 66.9 Å². The number of nitrogens with zero attached hydrogens (tertiary/aromatic N) is 4. The van der Waals surface area contributed by atoms with Crippen LogP contribution in [0, 0.1) is 18.3 Å². The van der Waals surface area contributed by atoms with Crippen molar-refractivity contribution in [2.75, 3.05) is 33.3 Å². The van der Waals surface area contributed by atoms with Crippen LogP contribution in [0.25, 0.3) is 22.5 Å². The number of nitrogens with one attached hydrogen (secondary N) is 4. The topological polar surface area (TPSA) is 268 Å². The molecule has 4 atom stereocenters. The third-order valence-corrected chi connectivity index (χ3v) is 11.3. The monoisotopic (exact) mass is 860 g/mol. The molecule has 0 saturated heterocycles. The molecule has 17 nitrogen and oxygen atoms in total. The van der Waals surface area contributed by atoms with E-state index in [1.165, 1.54) is 31.8 Å². The Labute approximate surface area is 367 Å². The van der Waals surface area contributed by atoms with Gasteiger partial charge in [-0.15, -0.1) is 0 Å². The van der Waals surface area contributed by atoms with Crippen LogP contribution in [0.2, 0.25) is 0 Å². The third kappa shape index (κ3) is 11.1. The molecule has 0 aliphatic carbocycles. The second-order valence-electron chi connectivity index (χ2n) is 16.1. The number of phenolic OH excluding ortho intramolecular Hbond substituents is 1. The molecule has 2 heterocycles. The average Bonchev–Trinajstić information content (AvgIpc) is 3.27. The van der Waals surface area contributed by atoms with E-state index in [1.807, 2.05) is 30.3 Å². The minimum atomic E-state index is -1.42. The van der Waals surface area contributed by atoms with Crippen molar-refractivity contribution < 1.29 is 33.8 Å². The lowest BCUT2D eigenvalue weighted by molar-refractivity contribution is -0.141. The SMILES string of the molecule is CCC(C)(C)c1ccc(-c2ncc(C(=O)NC(CCN)C(=O)N(C)[C@@H]3C(=O)N[C@@H](C)C(=O)N[C@H](C(=O)NCC#N)Cc4ccc(O)c(c4)-c4cc3ccc4OCCN)c(C)n2)cc1. The van der Waals surface area contributed by atoms with Gasteiger partial charge in [0, 0.05) is 42.9 Å². The first kappa shape index (κ1) is 47.2. The lowest BCUT2D eigenvalue weighted by Crippen LogP contribution is -2.56. The first-order chi connectivity index (χ1) is 30.0. The molecule has 63 heavy (non-hydrogen) atoms. The summed E-state index contributed by atoms with van der Waals surface area (Å²) in [5.74, 6) is -2.89. The van der Waals surface area contributed by atoms with Crippen LogP contribution in [0.1, 0.15) is 79.3 Å². The fourth-order valence-corrected chi connectivity index (χ4v) is 7.19. The molecule has 332 valence electrons. The molecule has 1 aromatic heterocycles. The van der Waals surface area contributed by atoms with Gasteiger partial charge in [0.15, 0.2) is 5.82 Å². The maximum absolute atomic E-state index is 14.5. The zero-order valence-electron chi connectivity index (χ0n) is 36.5. The van der Waals surface area contributed by atoms with Crippen LogP contribution in [0.3, 0.4) is 0 Å². The highest BCUT2D eigenvalue weighted by Gasteiger charge is 2.36. The Morgan fingerprint density at radius 1 is 1.03 bits per heavy atom. The van der Waals surface area contributed by atoms with E-state index in [1.54, 1.807) is 37.3 Å². The van der Waals surface area contributed by atoms with Gasteiger partial charge in [0.2, 0.25) is 23.6 Å². The average molecular weight is 861 g/mol. The van der Waals surface area contributed by atoms with Gasteiger partial charge in [-0.25, -0.2) is 9.97 Å². The minimum Gasteiger partial charge on any atom is -0.507 e. The van der Waals surface area contributed by atoms with Gasteiger partial charge in [-0.2, -0.15) is 5.26 Å². The maximum Gasteiger partial charge on any atom is 0.255 e. The number of rotatable bonds is 14. The quantitative estimate of drug-likeness (QED) is 0.0903. The van der Waals surface area contributed by atoms with Gasteiger partial charge in [0.1, 0.15) is 48.8 Å². The van der Waals surface area contributed by atoms with E-state index < -0.39 is 53.7 Å². The standard InChI is InChI=1S/C46H56N10O7/c1-7-46(4,5)31-12-9-29(10-13-31)40-51-25-34(26(2)52-40)42(59)54-35(16-17-47)45(62)56(6)39-30-11-15-38(63-21-19-49)33(24-30)32-22-28(8-14-37(32)57)23-36(43(60)50-20-18-48)55-41(58)27(3)53-44(39)61/h8-15,22,24-25,27,35-36,39,57H,7,16-17,19-21,23,47,49H2,1-6H3,(H,50,60)(H,53,61)(H,54,59)(H,55,58)/t27-,35?,36-,39-/m0/s1. The molecule has 0 radical (unpaired) electrons. The molecule has 3 aromatic carbocycles. The molecule has 4 aromatic rings. The number of fused-ring (bicyclic) bond motifs is 5. The van der Waals surface area contributed by atoms with Crippen LogP contribution in [-0.2, 0) is 31.0 Å². The van der Waals surface area contributed by atoms with Crippen LogP contribution < -0.4 is 37.5 Å². The summed E-state index contributed by atoms with van der Waals surface area (Å²) in [6.07, 6.45) is 2.33. The number of hydrogen-bond donors (Lipinski definition) is 7. The molecule has 5 rings (SSSR count). The molecule has 17 heteroatoms. The van der Waals surface area contributed by atoms with Crippen molar-refractivity contribution in [3.63, 3.8) is 0 Å². The summed E-state index contributed by atoms with van der Waals surface area (Å²) in [4.78, 5) is 79.8. The van der Waals surface area contributed by atoms with E-state index in [0.29, 0.717) is 28.4 Å². The number of phenols is 1. The first-order valence-electron chi connectivity index (χ1n) is 20.8. The summed E-state index contributed by atoms with van der Waals surface area (Å²) in [6.45, 7) is 9.54. The highest BCUT2D eigenvalue weighted by molar-refractivity contribution is 6.00. The van der Waals surface area contributed by atoms with Crippen molar-refractivity contribution in [3.05, 3.63) is 94.8 Å². The number of hydrogen-bond acceptors (Lipinski definition) is 12. The van der Waals surface area contributed by atoms with Crippen molar-refractivity contribution in [3.8, 4) is 40.1 Å². The summed E-state index contributed by atoms with van der Waals surface area (Å²) < 4.78 is 5.97. The Bertz CT molecular complexity index is 2380. The molecular formula is C46H56N10O7. The zero-order valence-corrected chi connectivity index (χ0v) is 36.5. The lowest BCUT2D eigenvalue weighted by Gasteiger charge is -2.32. The smallest absolute Gasteiger partial charge is 0.255 e. The lowest BCUT2D eigenvalue weighted by atomic mass is 9.82. The molecule has 4 bridgehead atoms. The first-order valence-corrected chi connectivity index (χ1v) is 20.8. The Balaban J connectivity index is 1.51. The van der Waals surface area contributed by atoms with Gasteiger partial charge < -0.3 is 47.5 Å². The normalized spacial score (nSPS) is 16.9. The molecule has 0 spiro atoms. The summed E-state index contributed by atoms with van der Waals surface area (Å²) in [5.41, 5.74) is 15.6. The Morgan fingerprint density at radius 2 is 1.76 bits per heavy atom. The van der Waals surface area contributed by atoms with Crippen molar-refractivity contribution in [1.29, 1.82) is 5.26 Å². The predicted octanol–water partition coefficient (Wildman–Crippen LogP) is 2.68. The Morgan fingerprint density at radius 3 is 2.41 bits per heavy atom. The van der Waals surface area contributed by atoms with Crippen LogP contribution in [0.15, 0.2) is 66.9 Å². The summed E-state index contributed by atoms with van der Waals surface area (Å²) in [5, 5.41) is 30.9. The second kappa shape index (κ2) is 20.8. The molecule has 9 N–H and O–H groups in total. The summed E-state index contributed by atoms with van der Waals surface area (Å²) in [7, 11) is 1.39. The summed E-state index contributed by atoms with van der Waals surface area (Å²) >= 11 is 0. The highest BCUT2D eigenvalue weighted by atomic mass is 16.5. The molecule has 5 amide bonds.